The van der Waals surface area contributed by atoms with E-state index in [-0.39, 0.29) is 5.91 Å². The maximum absolute atomic E-state index is 11.7. The molecule has 0 radical (unpaired) electrons. The van der Waals surface area contributed by atoms with E-state index in [0.717, 1.165) is 10.2 Å². The van der Waals surface area contributed by atoms with Crippen molar-refractivity contribution in [3.8, 4) is 0 Å². The van der Waals surface area contributed by atoms with Gasteiger partial charge in [-0.1, -0.05) is 26.0 Å². The number of anilines is 1. The van der Waals surface area contributed by atoms with Crippen LogP contribution in [-0.4, -0.2) is 11.9 Å². The van der Waals surface area contributed by atoms with Crippen molar-refractivity contribution in [2.45, 2.75) is 26.3 Å². The summed E-state index contributed by atoms with van der Waals surface area (Å²) < 4.78 is 0.861. The van der Waals surface area contributed by atoms with Gasteiger partial charge in [0, 0.05) is 4.47 Å². The number of nitrogens with two attached hydrogens (primary N) is 1. The van der Waals surface area contributed by atoms with Crippen LogP contribution in [0.4, 0.5) is 5.69 Å². The average Bonchev–Trinajstić information content (AvgIpc) is 2.20. The number of amides is 1. The quantitative estimate of drug-likeness (QED) is 0.893. The molecule has 1 aromatic carbocycles. The predicted molar refractivity (Wildman–Crippen MR) is 70.2 cm³/mol. The summed E-state index contributed by atoms with van der Waals surface area (Å²) in [5, 5.41) is 2.80. The summed E-state index contributed by atoms with van der Waals surface area (Å²) in [4.78, 5) is 11.7. The molecule has 0 aromatic heterocycles. The summed E-state index contributed by atoms with van der Waals surface area (Å²) in [6.07, 6.45) is 0.691. The molecule has 0 bridgehead atoms. The highest BCUT2D eigenvalue weighted by molar-refractivity contribution is 9.10. The van der Waals surface area contributed by atoms with E-state index in [2.05, 4.69) is 21.2 Å². The monoisotopic (exact) mass is 284 g/mol. The molecular weight excluding hydrogens is 268 g/mol. The lowest BCUT2D eigenvalue weighted by atomic mass is 10.0. The number of benzene rings is 1. The Morgan fingerprint density at radius 2 is 2.06 bits per heavy atom. The first kappa shape index (κ1) is 13.2. The number of halogens is 1. The van der Waals surface area contributed by atoms with Gasteiger partial charge in [0.05, 0.1) is 11.7 Å². The van der Waals surface area contributed by atoms with Crippen LogP contribution in [0.25, 0.3) is 0 Å². The Morgan fingerprint density at radius 1 is 1.44 bits per heavy atom. The minimum atomic E-state index is -0.452. The van der Waals surface area contributed by atoms with Crippen LogP contribution in [0.3, 0.4) is 0 Å². The molecule has 16 heavy (non-hydrogen) atoms. The summed E-state index contributed by atoms with van der Waals surface area (Å²) >= 11 is 3.37. The van der Waals surface area contributed by atoms with E-state index < -0.39 is 6.04 Å². The van der Waals surface area contributed by atoms with E-state index in [1.165, 1.54) is 0 Å². The van der Waals surface area contributed by atoms with E-state index in [4.69, 9.17) is 5.73 Å². The van der Waals surface area contributed by atoms with Gasteiger partial charge in [-0.05, 0) is 40.4 Å². The molecule has 0 aliphatic heterocycles. The first-order chi connectivity index (χ1) is 7.50. The molecule has 0 aliphatic carbocycles. The molecule has 0 spiro atoms. The van der Waals surface area contributed by atoms with Crippen LogP contribution in [-0.2, 0) is 4.79 Å². The van der Waals surface area contributed by atoms with E-state index in [9.17, 15) is 4.79 Å². The normalized spacial score (nSPS) is 12.6. The highest BCUT2D eigenvalue weighted by Gasteiger charge is 2.15. The smallest absolute Gasteiger partial charge is 0.241 e. The molecule has 3 N–H and O–H groups in total. The van der Waals surface area contributed by atoms with Gasteiger partial charge in [-0.3, -0.25) is 4.79 Å². The summed E-state index contributed by atoms with van der Waals surface area (Å²) in [5.41, 5.74) is 6.54. The first-order valence-corrected chi connectivity index (χ1v) is 6.11. The SMILES string of the molecule is CC(C)C[C@H](N)C(=O)Nc1ccccc1Br. The molecule has 0 fully saturated rings. The van der Waals surface area contributed by atoms with Crippen LogP contribution in [0.5, 0.6) is 0 Å². The Labute approximate surface area is 105 Å². The van der Waals surface area contributed by atoms with Gasteiger partial charge in [0.1, 0.15) is 0 Å². The maximum Gasteiger partial charge on any atom is 0.241 e. The molecule has 1 aromatic rings. The summed E-state index contributed by atoms with van der Waals surface area (Å²) in [6.45, 7) is 4.09. The number of hydrogen-bond acceptors (Lipinski definition) is 2. The van der Waals surface area contributed by atoms with Crippen molar-refractivity contribution in [3.63, 3.8) is 0 Å². The fourth-order valence-corrected chi connectivity index (χ4v) is 1.79. The summed E-state index contributed by atoms with van der Waals surface area (Å²) in [7, 11) is 0. The van der Waals surface area contributed by atoms with Crippen molar-refractivity contribution in [1.82, 2.24) is 0 Å². The van der Waals surface area contributed by atoms with Crippen molar-refractivity contribution in [2.75, 3.05) is 5.32 Å². The van der Waals surface area contributed by atoms with Gasteiger partial charge < -0.3 is 11.1 Å². The topological polar surface area (TPSA) is 55.1 Å². The van der Waals surface area contributed by atoms with Gasteiger partial charge >= 0.3 is 0 Å². The van der Waals surface area contributed by atoms with Gasteiger partial charge in [0.25, 0.3) is 0 Å². The molecule has 0 saturated carbocycles. The molecule has 4 heteroatoms. The third-order valence-corrected chi connectivity index (χ3v) is 2.89. The zero-order chi connectivity index (χ0) is 12.1. The van der Waals surface area contributed by atoms with Crippen molar-refractivity contribution >= 4 is 27.5 Å². The lowest BCUT2D eigenvalue weighted by Crippen LogP contribution is -2.36. The minimum Gasteiger partial charge on any atom is -0.324 e. The molecule has 1 rings (SSSR count). The van der Waals surface area contributed by atoms with Crippen LogP contribution in [0.15, 0.2) is 28.7 Å². The molecule has 0 saturated heterocycles. The fraction of sp³-hybridized carbons (Fsp3) is 0.417. The third-order valence-electron chi connectivity index (χ3n) is 2.19. The Hall–Kier alpha value is -0.870. The van der Waals surface area contributed by atoms with Gasteiger partial charge in [-0.2, -0.15) is 0 Å². The molecule has 88 valence electrons. The first-order valence-electron chi connectivity index (χ1n) is 5.31. The van der Waals surface area contributed by atoms with Gasteiger partial charge in [-0.25, -0.2) is 0 Å². The fourth-order valence-electron chi connectivity index (χ4n) is 1.40. The van der Waals surface area contributed by atoms with Crippen LogP contribution in [0.1, 0.15) is 20.3 Å². The molecule has 1 atom stereocenters. The van der Waals surface area contributed by atoms with Crippen molar-refractivity contribution in [3.05, 3.63) is 28.7 Å². The summed E-state index contributed by atoms with van der Waals surface area (Å²) in [6, 6.07) is 7.03. The van der Waals surface area contributed by atoms with E-state index in [1.807, 2.05) is 38.1 Å². The highest BCUT2D eigenvalue weighted by atomic mass is 79.9. The number of carbonyl (C=O) groups is 1. The minimum absolute atomic E-state index is 0.138. The van der Waals surface area contributed by atoms with Crippen molar-refractivity contribution in [1.29, 1.82) is 0 Å². The second-order valence-corrected chi connectivity index (χ2v) is 5.06. The maximum atomic E-state index is 11.7. The number of carbonyl (C=O) groups excluding carboxylic acids is 1. The third kappa shape index (κ3) is 3.94. The van der Waals surface area contributed by atoms with Gasteiger partial charge in [0.15, 0.2) is 0 Å². The van der Waals surface area contributed by atoms with Crippen LogP contribution in [0.2, 0.25) is 0 Å². The zero-order valence-corrected chi connectivity index (χ0v) is 11.1. The molecule has 0 heterocycles. The summed E-state index contributed by atoms with van der Waals surface area (Å²) in [5.74, 6) is 0.278. The van der Waals surface area contributed by atoms with Crippen molar-refractivity contribution in [2.24, 2.45) is 11.7 Å². The van der Waals surface area contributed by atoms with E-state index in [0.29, 0.717) is 12.3 Å². The van der Waals surface area contributed by atoms with Crippen LogP contribution >= 0.6 is 15.9 Å². The zero-order valence-electron chi connectivity index (χ0n) is 9.53. The van der Waals surface area contributed by atoms with Gasteiger partial charge in [0.2, 0.25) is 5.91 Å². The number of nitrogens with one attached hydrogen (secondary N) is 1. The molecular formula is C12H17BrN2O. The van der Waals surface area contributed by atoms with Crippen LogP contribution in [0, 0.1) is 5.92 Å². The molecule has 1 amide bonds. The lowest BCUT2D eigenvalue weighted by Gasteiger charge is -2.14. The second kappa shape index (κ2) is 6.01. The lowest BCUT2D eigenvalue weighted by molar-refractivity contribution is -0.117. The van der Waals surface area contributed by atoms with Gasteiger partial charge in [-0.15, -0.1) is 0 Å². The number of para-hydroxylation sites is 1. The largest absolute Gasteiger partial charge is 0.324 e. The number of hydrogen-bond donors (Lipinski definition) is 2. The Bertz CT molecular complexity index is 366. The highest BCUT2D eigenvalue weighted by Crippen LogP contribution is 2.21. The Kier molecular flexibility index (Phi) is 4.96. The Morgan fingerprint density at radius 3 is 2.62 bits per heavy atom. The average molecular weight is 285 g/mol. The predicted octanol–water partition coefficient (Wildman–Crippen LogP) is 2.76. The molecule has 3 nitrogen and oxygen atoms in total. The van der Waals surface area contributed by atoms with E-state index in [1.54, 1.807) is 0 Å². The Balaban J connectivity index is 2.61. The van der Waals surface area contributed by atoms with Crippen molar-refractivity contribution < 1.29 is 4.79 Å². The number of rotatable bonds is 4. The molecule has 0 unspecified atom stereocenters. The standard InChI is InChI=1S/C12H17BrN2O/c1-8(2)7-10(14)12(16)15-11-6-4-3-5-9(11)13/h3-6,8,10H,7,14H2,1-2H3,(H,15,16)/t10-/m0/s1. The molecule has 0 aliphatic rings. The second-order valence-electron chi connectivity index (χ2n) is 4.21. The van der Waals surface area contributed by atoms with E-state index >= 15 is 0 Å². The van der Waals surface area contributed by atoms with Crippen LogP contribution < -0.4 is 11.1 Å².